The average Bonchev–Trinajstić information content (AvgIpc) is 3.40. The van der Waals surface area contributed by atoms with Crippen molar-refractivity contribution in [2.24, 2.45) is 0 Å². The Morgan fingerprint density at radius 2 is 1.76 bits per heavy atom. The van der Waals surface area contributed by atoms with Crippen molar-refractivity contribution in [3.63, 3.8) is 0 Å². The summed E-state index contributed by atoms with van der Waals surface area (Å²) in [5, 5.41) is 27.8. The molecule has 2 N–H and O–H groups in total. The lowest BCUT2D eigenvalue weighted by molar-refractivity contribution is -0.139. The Kier molecular flexibility index (Phi) is 7.87. The van der Waals surface area contributed by atoms with Gasteiger partial charge in [0.15, 0.2) is 0 Å². The number of benzene rings is 3. The van der Waals surface area contributed by atoms with Crippen molar-refractivity contribution in [2.75, 3.05) is 25.2 Å². The third-order valence-electron chi connectivity index (χ3n) is 8.62. The van der Waals surface area contributed by atoms with E-state index in [-0.39, 0.29) is 6.54 Å². The second kappa shape index (κ2) is 11.9. The van der Waals surface area contributed by atoms with Crippen molar-refractivity contribution in [1.29, 1.82) is 5.26 Å². The summed E-state index contributed by atoms with van der Waals surface area (Å²) in [5.41, 5.74) is 1.77. The minimum Gasteiger partial charge on any atom is -0.482 e. The second-order valence-corrected chi connectivity index (χ2v) is 11.2. The summed E-state index contributed by atoms with van der Waals surface area (Å²) in [5.74, 6) is -0.573. The summed E-state index contributed by atoms with van der Waals surface area (Å²) >= 11 is 0. The van der Waals surface area contributed by atoms with Crippen LogP contribution in [-0.4, -0.2) is 75.6 Å². The Hall–Kier alpha value is -5.41. The van der Waals surface area contributed by atoms with Gasteiger partial charge >= 0.3 is 6.09 Å². The lowest BCUT2D eigenvalue weighted by atomic mass is 9.84. The van der Waals surface area contributed by atoms with Crippen LogP contribution in [0.4, 0.5) is 10.5 Å². The Labute approximate surface area is 259 Å². The van der Waals surface area contributed by atoms with Crippen LogP contribution in [0.5, 0.6) is 5.75 Å². The SMILES string of the molecule is C[C@@H](C(=O)N[C@@H]1C(=O)N(Cc2nn(-c3ccccc3C#N)c3ccccc23)c2ccccc2OC12CCOCC2)N(C)C(=O)O. The van der Waals surface area contributed by atoms with Gasteiger partial charge in [0.2, 0.25) is 5.91 Å². The first kappa shape index (κ1) is 29.7. The first-order chi connectivity index (χ1) is 21.7. The van der Waals surface area contributed by atoms with Crippen LogP contribution in [0.3, 0.4) is 0 Å². The van der Waals surface area contributed by atoms with Gasteiger partial charge in [-0.3, -0.25) is 14.5 Å². The molecule has 3 heterocycles. The van der Waals surface area contributed by atoms with Crippen molar-refractivity contribution in [3.8, 4) is 17.5 Å². The van der Waals surface area contributed by atoms with E-state index in [4.69, 9.17) is 14.6 Å². The molecule has 0 aliphatic carbocycles. The highest BCUT2D eigenvalue weighted by molar-refractivity contribution is 6.03. The number of carboxylic acid groups (broad SMARTS) is 1. The summed E-state index contributed by atoms with van der Waals surface area (Å²) in [7, 11) is 1.30. The van der Waals surface area contributed by atoms with Crippen molar-refractivity contribution >= 4 is 34.5 Å². The lowest BCUT2D eigenvalue weighted by Gasteiger charge is -2.42. The topological polar surface area (TPSA) is 150 Å². The molecule has 1 aromatic heterocycles. The fourth-order valence-electron chi connectivity index (χ4n) is 5.95. The molecule has 1 fully saturated rings. The molecule has 12 nitrogen and oxygen atoms in total. The maximum absolute atomic E-state index is 14.7. The number of aromatic nitrogens is 2. The fraction of sp³-hybridized carbons (Fsp3) is 0.303. The van der Waals surface area contributed by atoms with Crippen molar-refractivity contribution < 1.29 is 29.0 Å². The normalized spacial score (nSPS) is 17.9. The molecule has 4 aromatic rings. The molecule has 0 saturated carbocycles. The summed E-state index contributed by atoms with van der Waals surface area (Å²) in [6, 6.07) is 22.0. The molecule has 3 aromatic carbocycles. The number of ether oxygens (including phenoxy) is 2. The maximum atomic E-state index is 14.7. The average molecular weight is 609 g/mol. The van der Waals surface area contributed by atoms with Crippen LogP contribution in [0.25, 0.3) is 16.6 Å². The zero-order valence-corrected chi connectivity index (χ0v) is 24.8. The van der Waals surface area contributed by atoms with E-state index in [9.17, 15) is 24.8 Å². The predicted octanol–water partition coefficient (Wildman–Crippen LogP) is 3.86. The minimum atomic E-state index is -1.27. The molecule has 0 unspecified atom stereocenters. The number of hydrogen-bond donors (Lipinski definition) is 2. The minimum absolute atomic E-state index is 0.0327. The molecule has 12 heteroatoms. The van der Waals surface area contributed by atoms with Crippen LogP contribution in [0, 0.1) is 11.3 Å². The number of carbonyl (C=O) groups excluding carboxylic acids is 2. The van der Waals surface area contributed by atoms with Crippen LogP contribution in [0.1, 0.15) is 31.0 Å². The maximum Gasteiger partial charge on any atom is 0.407 e. The zero-order valence-electron chi connectivity index (χ0n) is 24.8. The molecular formula is C33H32N6O6. The smallest absolute Gasteiger partial charge is 0.407 e. The van der Waals surface area contributed by atoms with Gasteiger partial charge in [-0.2, -0.15) is 10.4 Å². The van der Waals surface area contributed by atoms with Crippen LogP contribution < -0.4 is 15.0 Å². The number of nitrogens with one attached hydrogen (secondary N) is 1. The summed E-state index contributed by atoms with van der Waals surface area (Å²) in [4.78, 5) is 42.3. The number of nitrogens with zero attached hydrogens (tertiary/aromatic N) is 5. The summed E-state index contributed by atoms with van der Waals surface area (Å²) in [6.07, 6.45) is -0.606. The van der Waals surface area contributed by atoms with Gasteiger partial charge in [0.05, 0.1) is 47.9 Å². The third-order valence-corrected chi connectivity index (χ3v) is 8.62. The molecule has 0 bridgehead atoms. The van der Waals surface area contributed by atoms with Gasteiger partial charge in [-0.25, -0.2) is 9.48 Å². The van der Waals surface area contributed by atoms with Crippen LogP contribution in [0.2, 0.25) is 0 Å². The number of likely N-dealkylation sites (N-methyl/N-ethyl adjacent to an activating group) is 1. The highest BCUT2D eigenvalue weighted by atomic mass is 16.5. The van der Waals surface area contributed by atoms with Crippen LogP contribution in [0.15, 0.2) is 72.8 Å². The van der Waals surface area contributed by atoms with Gasteiger partial charge in [-0.15, -0.1) is 0 Å². The number of anilines is 1. The Morgan fingerprint density at radius 3 is 2.49 bits per heavy atom. The van der Waals surface area contributed by atoms with Gasteiger partial charge in [0, 0.05) is 25.3 Å². The largest absolute Gasteiger partial charge is 0.482 e. The van der Waals surface area contributed by atoms with E-state index in [1.54, 1.807) is 33.8 Å². The van der Waals surface area contributed by atoms with E-state index in [1.807, 2.05) is 48.5 Å². The molecule has 2 aliphatic rings. The monoisotopic (exact) mass is 608 g/mol. The Morgan fingerprint density at radius 1 is 1.09 bits per heavy atom. The predicted molar refractivity (Wildman–Crippen MR) is 164 cm³/mol. The highest BCUT2D eigenvalue weighted by Gasteiger charge is 2.52. The molecular weight excluding hydrogens is 576 g/mol. The number of rotatable bonds is 6. The first-order valence-electron chi connectivity index (χ1n) is 14.6. The number of fused-ring (bicyclic) bond motifs is 2. The van der Waals surface area contributed by atoms with Gasteiger partial charge in [0.1, 0.15) is 29.5 Å². The second-order valence-electron chi connectivity index (χ2n) is 11.2. The van der Waals surface area contributed by atoms with Crippen molar-refractivity contribution in [2.45, 2.75) is 44.0 Å². The van der Waals surface area contributed by atoms with E-state index < -0.39 is 35.6 Å². The number of hydrogen-bond acceptors (Lipinski definition) is 7. The Balaban J connectivity index is 1.45. The van der Waals surface area contributed by atoms with Crippen molar-refractivity contribution in [3.05, 3.63) is 84.1 Å². The Bertz CT molecular complexity index is 1820. The quantitative estimate of drug-likeness (QED) is 0.335. The van der Waals surface area contributed by atoms with E-state index >= 15 is 0 Å². The van der Waals surface area contributed by atoms with Gasteiger partial charge in [-0.05, 0) is 37.3 Å². The van der Waals surface area contributed by atoms with E-state index in [0.717, 1.165) is 15.8 Å². The van der Waals surface area contributed by atoms with Gasteiger partial charge in [0.25, 0.3) is 5.91 Å². The molecule has 230 valence electrons. The molecule has 45 heavy (non-hydrogen) atoms. The lowest BCUT2D eigenvalue weighted by Crippen LogP contribution is -2.65. The molecule has 2 atom stereocenters. The van der Waals surface area contributed by atoms with Gasteiger partial charge in [-0.1, -0.05) is 42.5 Å². The molecule has 0 radical (unpaired) electrons. The number of para-hydroxylation sites is 4. The van der Waals surface area contributed by atoms with Crippen LogP contribution in [-0.2, 0) is 20.9 Å². The first-order valence-corrected chi connectivity index (χ1v) is 14.6. The molecule has 1 saturated heterocycles. The van der Waals surface area contributed by atoms with Gasteiger partial charge < -0.3 is 24.8 Å². The molecule has 1 spiro atoms. The van der Waals surface area contributed by atoms with E-state index in [0.29, 0.717) is 54.4 Å². The van der Waals surface area contributed by atoms with E-state index in [1.165, 1.54) is 14.0 Å². The number of nitriles is 1. The highest BCUT2D eigenvalue weighted by Crippen LogP contribution is 2.42. The fourth-order valence-corrected chi connectivity index (χ4v) is 5.95. The summed E-state index contributed by atoms with van der Waals surface area (Å²) in [6.45, 7) is 2.14. The van der Waals surface area contributed by atoms with Crippen molar-refractivity contribution in [1.82, 2.24) is 20.0 Å². The zero-order chi connectivity index (χ0) is 31.7. The van der Waals surface area contributed by atoms with Crippen LogP contribution >= 0.6 is 0 Å². The van der Waals surface area contributed by atoms with E-state index in [2.05, 4.69) is 11.4 Å². The molecule has 3 amide bonds. The number of amides is 3. The molecule has 2 aliphatic heterocycles. The molecule has 6 rings (SSSR count). The standard InChI is InChI=1S/C33H32N6O6/c1-21(37(2)32(42)43)30(40)35-29-31(41)38(27-13-7-8-14-28(27)45-33(29)15-17-44-18-16-33)20-24-23-10-4-6-12-26(23)39(36-24)25-11-5-3-9-22(25)19-34/h3-14,21,29H,15-18,20H2,1-2H3,(H,35,40)(H,42,43)/t21-,29+/m0/s1. The number of carbonyl (C=O) groups is 3. The third kappa shape index (κ3) is 5.32. The summed E-state index contributed by atoms with van der Waals surface area (Å²) < 4.78 is 14.0.